The molecule has 0 spiro atoms. The highest BCUT2D eigenvalue weighted by molar-refractivity contribution is 6.02. The summed E-state index contributed by atoms with van der Waals surface area (Å²) in [6.07, 6.45) is 7.73. The number of carbonyl (C=O) groups excluding carboxylic acids is 2. The summed E-state index contributed by atoms with van der Waals surface area (Å²) < 4.78 is 49.1. The van der Waals surface area contributed by atoms with E-state index in [0.717, 1.165) is 12.1 Å². The summed E-state index contributed by atoms with van der Waals surface area (Å²) in [4.78, 5) is 34.4. The summed E-state index contributed by atoms with van der Waals surface area (Å²) in [5, 5.41) is 2.78. The minimum Gasteiger partial charge on any atom is -0.440 e. The minimum atomic E-state index is -4.40. The number of amidine groups is 1. The fraction of sp³-hybridized carbons (Fsp3) is 0.161. The van der Waals surface area contributed by atoms with Gasteiger partial charge >= 0.3 is 12.3 Å². The van der Waals surface area contributed by atoms with E-state index in [1.54, 1.807) is 60.8 Å². The zero-order valence-corrected chi connectivity index (χ0v) is 22.4. The summed E-state index contributed by atoms with van der Waals surface area (Å²) in [5.74, 6) is 1.07. The molecule has 0 radical (unpaired) electrons. The Balaban J connectivity index is 1.22. The number of nitrogens with zero attached hydrogens (tertiary/aromatic N) is 3. The molecular formula is C31H27F3N4O4. The standard InChI is InChI=1S/C31H27F3N4O4/c1-22(35-21-36-28-11-6-20-38(28)30(40)42-26-8-3-2-4-9-26)41-27-10-5-7-25(17-18-27)37-29(39)19-14-23-12-15-24(16-13-23)31(32,33)34/h2-4,6-10,12-13,15-18,20-21H,1,5,11,14,19H2,(H,37,39). The zero-order chi connectivity index (χ0) is 30.0. The molecule has 42 heavy (non-hydrogen) atoms. The number of nitrogens with one attached hydrogen (secondary N) is 1. The molecule has 0 saturated heterocycles. The molecule has 1 N–H and O–H groups in total. The molecule has 0 fully saturated rings. The molecule has 2 aliphatic rings. The van der Waals surface area contributed by atoms with Gasteiger partial charge in [-0.3, -0.25) is 4.79 Å². The second-order valence-electron chi connectivity index (χ2n) is 9.00. The van der Waals surface area contributed by atoms with Gasteiger partial charge in [0.15, 0.2) is 0 Å². The Morgan fingerprint density at radius 3 is 2.52 bits per heavy atom. The Labute approximate surface area is 240 Å². The number of aryl methyl sites for hydroxylation is 1. The number of hydrogen-bond acceptors (Lipinski definition) is 5. The Morgan fingerprint density at radius 1 is 1.02 bits per heavy atom. The number of allylic oxidation sites excluding steroid dienone is 4. The lowest BCUT2D eigenvalue weighted by Crippen LogP contribution is -2.31. The van der Waals surface area contributed by atoms with Crippen molar-refractivity contribution < 1.29 is 32.2 Å². The average Bonchev–Trinajstić information content (AvgIpc) is 3.33. The highest BCUT2D eigenvalue weighted by Crippen LogP contribution is 2.29. The molecule has 2 aromatic rings. The van der Waals surface area contributed by atoms with Gasteiger partial charge in [0.2, 0.25) is 11.8 Å². The first kappa shape index (κ1) is 29.8. The van der Waals surface area contributed by atoms with Crippen LogP contribution in [0.15, 0.2) is 125 Å². The first-order chi connectivity index (χ1) is 20.2. The van der Waals surface area contributed by atoms with Crippen LogP contribution in [-0.4, -0.2) is 29.1 Å². The van der Waals surface area contributed by atoms with Crippen molar-refractivity contribution in [1.82, 2.24) is 10.2 Å². The van der Waals surface area contributed by atoms with Gasteiger partial charge in [0.05, 0.1) is 5.56 Å². The van der Waals surface area contributed by atoms with E-state index in [2.05, 4.69) is 21.9 Å². The average molecular weight is 577 g/mol. The van der Waals surface area contributed by atoms with Crippen molar-refractivity contribution >= 4 is 24.2 Å². The van der Waals surface area contributed by atoms with Gasteiger partial charge in [-0.25, -0.2) is 19.7 Å². The summed E-state index contributed by atoms with van der Waals surface area (Å²) in [6.45, 7) is 3.76. The van der Waals surface area contributed by atoms with Gasteiger partial charge in [0.25, 0.3) is 0 Å². The van der Waals surface area contributed by atoms with E-state index in [9.17, 15) is 22.8 Å². The topological polar surface area (TPSA) is 92.6 Å². The Morgan fingerprint density at radius 2 is 1.79 bits per heavy atom. The van der Waals surface area contributed by atoms with Crippen LogP contribution in [0.5, 0.6) is 5.75 Å². The number of para-hydroxylation sites is 1. The van der Waals surface area contributed by atoms with Gasteiger partial charge in [-0.05, 0) is 67.5 Å². The molecule has 0 aromatic heterocycles. The van der Waals surface area contributed by atoms with Gasteiger partial charge < -0.3 is 14.8 Å². The molecule has 0 unspecified atom stereocenters. The monoisotopic (exact) mass is 576 g/mol. The summed E-state index contributed by atoms with van der Waals surface area (Å²) in [7, 11) is 0. The fourth-order valence-electron chi connectivity index (χ4n) is 3.81. The van der Waals surface area contributed by atoms with Crippen LogP contribution < -0.4 is 10.1 Å². The molecule has 2 aromatic carbocycles. The van der Waals surface area contributed by atoms with Crippen molar-refractivity contribution in [3.05, 3.63) is 126 Å². The highest BCUT2D eigenvalue weighted by Gasteiger charge is 2.30. The van der Waals surface area contributed by atoms with Crippen molar-refractivity contribution in [3.63, 3.8) is 0 Å². The van der Waals surface area contributed by atoms with E-state index in [1.807, 2.05) is 6.07 Å². The number of hydrogen-bond donors (Lipinski definition) is 1. The van der Waals surface area contributed by atoms with E-state index < -0.39 is 17.8 Å². The van der Waals surface area contributed by atoms with E-state index in [4.69, 9.17) is 9.47 Å². The quantitative estimate of drug-likeness (QED) is 0.202. The number of aliphatic imine (C=N–C) groups is 2. The molecule has 11 heteroatoms. The van der Waals surface area contributed by atoms with Crippen LogP contribution in [0.1, 0.15) is 30.4 Å². The molecule has 0 bridgehead atoms. The fourth-order valence-corrected chi connectivity index (χ4v) is 3.81. The molecule has 8 nitrogen and oxygen atoms in total. The van der Waals surface area contributed by atoms with E-state index >= 15 is 0 Å². The van der Waals surface area contributed by atoms with Gasteiger partial charge in [0, 0.05) is 24.7 Å². The van der Waals surface area contributed by atoms with Crippen LogP contribution in [0.3, 0.4) is 0 Å². The molecule has 1 aliphatic heterocycles. The summed E-state index contributed by atoms with van der Waals surface area (Å²) in [5.41, 5.74) is 0.462. The van der Waals surface area contributed by atoms with Crippen LogP contribution in [0.25, 0.3) is 0 Å². The number of benzene rings is 2. The van der Waals surface area contributed by atoms with Crippen molar-refractivity contribution in [1.29, 1.82) is 0 Å². The number of ether oxygens (including phenoxy) is 2. The van der Waals surface area contributed by atoms with Crippen LogP contribution >= 0.6 is 0 Å². The van der Waals surface area contributed by atoms with Gasteiger partial charge in [-0.2, -0.15) is 13.2 Å². The number of alkyl halides is 3. The van der Waals surface area contributed by atoms with Crippen LogP contribution in [0.2, 0.25) is 0 Å². The zero-order valence-electron chi connectivity index (χ0n) is 22.4. The van der Waals surface area contributed by atoms with Gasteiger partial charge in [-0.1, -0.05) is 42.5 Å². The first-order valence-corrected chi connectivity index (χ1v) is 12.9. The third-order valence-electron chi connectivity index (χ3n) is 5.91. The molecule has 0 saturated carbocycles. The Kier molecular flexibility index (Phi) is 9.88. The maximum atomic E-state index is 12.7. The largest absolute Gasteiger partial charge is 0.440 e. The molecule has 0 atom stereocenters. The van der Waals surface area contributed by atoms with Crippen molar-refractivity contribution in [2.45, 2.75) is 31.9 Å². The molecule has 216 valence electrons. The van der Waals surface area contributed by atoms with Gasteiger partial charge in [0.1, 0.15) is 23.7 Å². The number of amides is 2. The van der Waals surface area contributed by atoms with Crippen LogP contribution in [-0.2, 0) is 22.1 Å². The second kappa shape index (κ2) is 13.9. The maximum Gasteiger partial charge on any atom is 0.424 e. The molecule has 1 aliphatic carbocycles. The van der Waals surface area contributed by atoms with E-state index in [1.165, 1.54) is 23.4 Å². The molecule has 4 rings (SSSR count). The summed E-state index contributed by atoms with van der Waals surface area (Å²) in [6, 6.07) is 13.4. The number of halogens is 3. The third-order valence-corrected chi connectivity index (χ3v) is 5.91. The lowest BCUT2D eigenvalue weighted by atomic mass is 10.1. The normalized spacial score (nSPS) is 15.8. The smallest absolute Gasteiger partial charge is 0.424 e. The van der Waals surface area contributed by atoms with Gasteiger partial charge in [-0.15, -0.1) is 0 Å². The SMILES string of the molecule is C=C(N=CN=C1CC=CN1C(=O)Oc1ccccc1)OC1=CCC=C(NC(=O)CCc2ccc(C(F)(F)F)cc2)C=C1. The Bertz CT molecular complexity index is 1490. The van der Waals surface area contributed by atoms with Crippen LogP contribution in [0, 0.1) is 0 Å². The molecule has 2 amide bonds. The van der Waals surface area contributed by atoms with Crippen molar-refractivity contribution in [2.75, 3.05) is 0 Å². The van der Waals surface area contributed by atoms with Crippen molar-refractivity contribution in [3.8, 4) is 5.75 Å². The second-order valence-corrected chi connectivity index (χ2v) is 9.00. The van der Waals surface area contributed by atoms with E-state index in [0.29, 0.717) is 47.9 Å². The lowest BCUT2D eigenvalue weighted by molar-refractivity contribution is -0.137. The first-order valence-electron chi connectivity index (χ1n) is 12.9. The third kappa shape index (κ3) is 8.91. The molecule has 1 heterocycles. The summed E-state index contributed by atoms with van der Waals surface area (Å²) >= 11 is 0. The predicted molar refractivity (Wildman–Crippen MR) is 152 cm³/mol. The number of carbonyl (C=O) groups is 2. The minimum absolute atomic E-state index is 0.0589. The predicted octanol–water partition coefficient (Wildman–Crippen LogP) is 6.81. The highest BCUT2D eigenvalue weighted by atomic mass is 19.4. The Hall–Kier alpha value is -5.19. The van der Waals surface area contributed by atoms with Crippen LogP contribution in [0.4, 0.5) is 18.0 Å². The maximum absolute atomic E-state index is 12.7. The lowest BCUT2D eigenvalue weighted by Gasteiger charge is -2.14. The van der Waals surface area contributed by atoms with Crippen molar-refractivity contribution in [2.24, 2.45) is 9.98 Å². The van der Waals surface area contributed by atoms with E-state index in [-0.39, 0.29) is 18.2 Å². The molecular weight excluding hydrogens is 549 g/mol. The number of rotatable bonds is 9.